The molecule has 2 aromatic rings. The van der Waals surface area contributed by atoms with Crippen molar-refractivity contribution in [3.63, 3.8) is 0 Å². The number of hydrogen-bond acceptors (Lipinski definition) is 4. The number of carbonyl (C=O) groups is 1. The fourth-order valence-electron chi connectivity index (χ4n) is 3.77. The first-order chi connectivity index (χ1) is 14.2. The molecule has 0 fully saturated rings. The molecule has 4 nitrogen and oxygen atoms in total. The van der Waals surface area contributed by atoms with Gasteiger partial charge in [-0.15, -0.1) is 0 Å². The highest BCUT2D eigenvalue weighted by atomic mass is 127. The number of rotatable bonds is 5. The normalized spacial score (nSPS) is 17.0. The molecular weight excluding hydrogens is 505 g/mol. The SMILES string of the molecule is CCC(Sc1nc2c(cc1C#N)CC(C(C)(C)C)CC2)C(=O)Nc1ccc(I)cc1. The monoisotopic (exact) mass is 533 g/mol. The Hall–Kier alpha value is -1.59. The second kappa shape index (κ2) is 9.69. The zero-order valence-electron chi connectivity index (χ0n) is 18.0. The van der Waals surface area contributed by atoms with Crippen LogP contribution >= 0.6 is 34.4 Å². The zero-order valence-corrected chi connectivity index (χ0v) is 20.9. The van der Waals surface area contributed by atoms with Gasteiger partial charge in [-0.05, 0) is 95.5 Å². The predicted molar refractivity (Wildman–Crippen MR) is 132 cm³/mol. The lowest BCUT2D eigenvalue weighted by Crippen LogP contribution is -2.28. The minimum Gasteiger partial charge on any atom is -0.325 e. The van der Waals surface area contributed by atoms with Gasteiger partial charge in [0.25, 0.3) is 0 Å². The largest absolute Gasteiger partial charge is 0.325 e. The zero-order chi connectivity index (χ0) is 21.9. The molecule has 0 aliphatic heterocycles. The maximum Gasteiger partial charge on any atom is 0.237 e. The van der Waals surface area contributed by atoms with Crippen LogP contribution < -0.4 is 5.32 Å². The van der Waals surface area contributed by atoms with Gasteiger partial charge in [0.2, 0.25) is 5.91 Å². The molecule has 0 spiro atoms. The smallest absolute Gasteiger partial charge is 0.237 e. The van der Waals surface area contributed by atoms with Crippen LogP contribution in [-0.4, -0.2) is 16.1 Å². The van der Waals surface area contributed by atoms with Gasteiger partial charge in [-0.3, -0.25) is 4.79 Å². The van der Waals surface area contributed by atoms with Crippen molar-refractivity contribution in [1.82, 2.24) is 4.98 Å². The third-order valence-corrected chi connectivity index (χ3v) is 7.81. The van der Waals surface area contributed by atoms with Crippen molar-refractivity contribution in [2.24, 2.45) is 11.3 Å². The second-order valence-electron chi connectivity index (χ2n) is 8.88. The first-order valence-corrected chi connectivity index (χ1v) is 12.3. The Morgan fingerprint density at radius 3 is 2.67 bits per heavy atom. The number of pyridine rings is 1. The van der Waals surface area contributed by atoms with Crippen molar-refractivity contribution in [2.45, 2.75) is 63.7 Å². The van der Waals surface area contributed by atoms with E-state index in [4.69, 9.17) is 4.98 Å². The molecule has 3 rings (SSSR count). The highest BCUT2D eigenvalue weighted by molar-refractivity contribution is 14.1. The third-order valence-electron chi connectivity index (χ3n) is 5.73. The first kappa shape index (κ1) is 23.1. The molecule has 2 unspecified atom stereocenters. The Morgan fingerprint density at radius 1 is 1.37 bits per heavy atom. The lowest BCUT2D eigenvalue weighted by Gasteiger charge is -2.34. The van der Waals surface area contributed by atoms with Crippen LogP contribution in [-0.2, 0) is 17.6 Å². The molecule has 6 heteroatoms. The van der Waals surface area contributed by atoms with E-state index in [0.717, 1.165) is 34.2 Å². The maximum atomic E-state index is 12.8. The Kier molecular flexibility index (Phi) is 7.46. The van der Waals surface area contributed by atoms with E-state index in [-0.39, 0.29) is 16.6 Å². The van der Waals surface area contributed by atoms with Gasteiger partial charge in [-0.2, -0.15) is 5.26 Å². The van der Waals surface area contributed by atoms with Crippen molar-refractivity contribution in [1.29, 1.82) is 5.26 Å². The van der Waals surface area contributed by atoms with E-state index in [9.17, 15) is 10.1 Å². The molecule has 158 valence electrons. The van der Waals surface area contributed by atoms with Gasteiger partial charge in [0.05, 0.1) is 10.8 Å². The van der Waals surface area contributed by atoms with E-state index < -0.39 is 0 Å². The Labute approximate surface area is 197 Å². The number of benzene rings is 1. The summed E-state index contributed by atoms with van der Waals surface area (Å²) in [5.74, 6) is 0.542. The van der Waals surface area contributed by atoms with E-state index in [1.165, 1.54) is 17.3 Å². The number of hydrogen-bond donors (Lipinski definition) is 1. The van der Waals surface area contributed by atoms with Crippen LogP contribution in [0.2, 0.25) is 0 Å². The lowest BCUT2D eigenvalue weighted by atomic mass is 9.71. The highest BCUT2D eigenvalue weighted by Gasteiger charge is 2.30. The third kappa shape index (κ3) is 5.55. The summed E-state index contributed by atoms with van der Waals surface area (Å²) in [6.45, 7) is 8.83. The van der Waals surface area contributed by atoms with E-state index in [1.807, 2.05) is 37.3 Å². The number of fused-ring (bicyclic) bond motifs is 1. The number of nitriles is 1. The van der Waals surface area contributed by atoms with E-state index in [0.29, 0.717) is 22.9 Å². The topological polar surface area (TPSA) is 65.8 Å². The van der Waals surface area contributed by atoms with Gasteiger partial charge >= 0.3 is 0 Å². The quantitative estimate of drug-likeness (QED) is 0.366. The number of aryl methyl sites for hydroxylation is 1. The van der Waals surface area contributed by atoms with Crippen LogP contribution in [0.3, 0.4) is 0 Å². The van der Waals surface area contributed by atoms with Crippen LogP contribution in [0.4, 0.5) is 5.69 Å². The van der Waals surface area contributed by atoms with Gasteiger partial charge in [-0.25, -0.2) is 4.98 Å². The molecule has 0 bridgehead atoms. The number of nitrogens with zero attached hydrogens (tertiary/aromatic N) is 2. The van der Waals surface area contributed by atoms with Crippen molar-refractivity contribution < 1.29 is 4.79 Å². The molecule has 1 aliphatic rings. The molecule has 1 N–H and O–H groups in total. The summed E-state index contributed by atoms with van der Waals surface area (Å²) in [5, 5.41) is 13.1. The van der Waals surface area contributed by atoms with Crippen molar-refractivity contribution in [3.05, 3.63) is 50.7 Å². The summed E-state index contributed by atoms with van der Waals surface area (Å²) in [6, 6.07) is 12.1. The number of aromatic nitrogens is 1. The molecule has 1 aliphatic carbocycles. The highest BCUT2D eigenvalue weighted by Crippen LogP contribution is 2.38. The van der Waals surface area contributed by atoms with E-state index in [2.05, 4.69) is 54.7 Å². The summed E-state index contributed by atoms with van der Waals surface area (Å²) in [7, 11) is 0. The molecule has 1 amide bonds. The second-order valence-corrected chi connectivity index (χ2v) is 11.3. The van der Waals surface area contributed by atoms with E-state index >= 15 is 0 Å². The first-order valence-electron chi connectivity index (χ1n) is 10.4. The fourth-order valence-corrected chi connectivity index (χ4v) is 5.12. The molecular formula is C24H28IN3OS. The average Bonchev–Trinajstić information content (AvgIpc) is 2.71. The molecule has 0 saturated carbocycles. The molecule has 30 heavy (non-hydrogen) atoms. The number of amides is 1. The number of nitrogens with one attached hydrogen (secondary N) is 1. The Morgan fingerprint density at radius 2 is 2.07 bits per heavy atom. The number of carbonyl (C=O) groups excluding carboxylic acids is 1. The molecule has 0 radical (unpaired) electrons. The Balaban J connectivity index is 1.78. The van der Waals surface area contributed by atoms with Crippen molar-refractivity contribution in [3.8, 4) is 6.07 Å². The molecule has 1 aromatic carbocycles. The number of halogens is 1. The van der Waals surface area contributed by atoms with Crippen LogP contribution in [0.15, 0.2) is 35.4 Å². The van der Waals surface area contributed by atoms with Gasteiger partial charge in [-0.1, -0.05) is 39.5 Å². The maximum absolute atomic E-state index is 12.8. The van der Waals surface area contributed by atoms with Gasteiger partial charge in [0, 0.05) is 15.0 Å². The average molecular weight is 533 g/mol. The van der Waals surface area contributed by atoms with Gasteiger partial charge in [0.15, 0.2) is 0 Å². The minimum atomic E-state index is -0.298. The molecule has 2 atom stereocenters. The summed E-state index contributed by atoms with van der Waals surface area (Å²) >= 11 is 3.64. The Bertz CT molecular complexity index is 960. The molecule has 1 heterocycles. The summed E-state index contributed by atoms with van der Waals surface area (Å²) in [5.41, 5.74) is 3.89. The van der Waals surface area contributed by atoms with Crippen molar-refractivity contribution in [2.75, 3.05) is 5.32 Å². The fraction of sp³-hybridized carbons (Fsp3) is 0.458. The lowest BCUT2D eigenvalue weighted by molar-refractivity contribution is -0.115. The predicted octanol–water partition coefficient (Wildman–Crippen LogP) is 6.22. The number of anilines is 1. The van der Waals surface area contributed by atoms with Gasteiger partial charge in [0.1, 0.15) is 11.1 Å². The summed E-state index contributed by atoms with van der Waals surface area (Å²) in [4.78, 5) is 17.7. The summed E-state index contributed by atoms with van der Waals surface area (Å²) in [6.07, 6.45) is 3.68. The molecule has 0 saturated heterocycles. The minimum absolute atomic E-state index is 0.0556. The van der Waals surface area contributed by atoms with E-state index in [1.54, 1.807) is 0 Å². The van der Waals surface area contributed by atoms with Crippen LogP contribution in [0.25, 0.3) is 0 Å². The summed E-state index contributed by atoms with van der Waals surface area (Å²) < 4.78 is 1.12. The molecule has 1 aromatic heterocycles. The van der Waals surface area contributed by atoms with Gasteiger partial charge < -0.3 is 5.32 Å². The standard InChI is InChI=1S/C24H28IN3OS/c1-5-21(22(29)27-19-9-7-18(25)8-10-19)30-23-16(14-26)12-15-13-17(24(2,3)4)6-11-20(15)28-23/h7-10,12,17,21H,5-6,11,13H2,1-4H3,(H,27,29). The van der Waals surface area contributed by atoms with Crippen LogP contribution in [0.5, 0.6) is 0 Å². The van der Waals surface area contributed by atoms with Crippen LogP contribution in [0, 0.1) is 26.2 Å². The number of thioether (sulfide) groups is 1. The van der Waals surface area contributed by atoms with Crippen LogP contribution in [0.1, 0.15) is 57.4 Å². The van der Waals surface area contributed by atoms with Crippen molar-refractivity contribution >= 4 is 45.9 Å².